The summed E-state index contributed by atoms with van der Waals surface area (Å²) in [6.07, 6.45) is 0. The molecule has 0 saturated heterocycles. The van der Waals surface area contributed by atoms with E-state index in [2.05, 4.69) is 4.98 Å². The molecule has 0 aliphatic heterocycles. The topological polar surface area (TPSA) is 50.2 Å². The lowest BCUT2D eigenvalue weighted by atomic mass is 10.1. The zero-order valence-corrected chi connectivity index (χ0v) is 7.71. The summed E-state index contributed by atoms with van der Waals surface area (Å²) >= 11 is 0. The van der Waals surface area contributed by atoms with Crippen LogP contribution in [0, 0.1) is 6.92 Å². The molecule has 0 amide bonds. The highest BCUT2D eigenvalue weighted by Crippen LogP contribution is 2.25. The predicted molar refractivity (Wildman–Crippen MR) is 45.5 cm³/mol. The van der Waals surface area contributed by atoms with Crippen molar-refractivity contribution in [1.82, 2.24) is 4.98 Å². The van der Waals surface area contributed by atoms with Crippen LogP contribution in [0.2, 0.25) is 0 Å². The number of aromatic carboxylic acids is 1. The van der Waals surface area contributed by atoms with Crippen LogP contribution in [0.5, 0.6) is 0 Å². The third-order valence-electron chi connectivity index (χ3n) is 1.77. The Labute approximate surface area is 79.4 Å². The fourth-order valence-electron chi connectivity index (χ4n) is 1.03. The van der Waals surface area contributed by atoms with E-state index < -0.39 is 17.6 Å². The van der Waals surface area contributed by atoms with Crippen molar-refractivity contribution in [2.45, 2.75) is 19.8 Å². The smallest absolute Gasteiger partial charge is 0.337 e. The molecule has 3 nitrogen and oxygen atoms in total. The zero-order valence-electron chi connectivity index (χ0n) is 7.71. The molecular weight excluding hydrogens is 192 g/mol. The molecule has 0 aliphatic carbocycles. The third-order valence-corrected chi connectivity index (χ3v) is 1.77. The Morgan fingerprint density at radius 2 is 2.07 bits per heavy atom. The minimum atomic E-state index is -3.04. The number of carboxylic acids is 1. The van der Waals surface area contributed by atoms with E-state index in [0.717, 1.165) is 19.1 Å². The van der Waals surface area contributed by atoms with Crippen LogP contribution in [0.1, 0.15) is 28.7 Å². The van der Waals surface area contributed by atoms with Gasteiger partial charge < -0.3 is 5.11 Å². The molecule has 0 aliphatic rings. The number of pyridine rings is 1. The van der Waals surface area contributed by atoms with Gasteiger partial charge in [-0.05, 0) is 19.1 Å². The largest absolute Gasteiger partial charge is 0.478 e. The first kappa shape index (κ1) is 10.6. The van der Waals surface area contributed by atoms with Gasteiger partial charge in [-0.25, -0.2) is 4.79 Å². The number of aromatic nitrogens is 1. The Morgan fingerprint density at radius 3 is 2.43 bits per heavy atom. The number of carboxylic acid groups (broad SMARTS) is 1. The Bertz CT molecular complexity index is 372. The SMILES string of the molecule is Cc1nc(C(C)(F)F)ccc1C(=O)O. The fourth-order valence-corrected chi connectivity index (χ4v) is 1.03. The summed E-state index contributed by atoms with van der Waals surface area (Å²) in [6, 6.07) is 2.16. The lowest BCUT2D eigenvalue weighted by Crippen LogP contribution is -2.12. The van der Waals surface area contributed by atoms with Crippen molar-refractivity contribution in [3.8, 4) is 0 Å². The number of halogens is 2. The van der Waals surface area contributed by atoms with E-state index in [1.807, 2.05) is 0 Å². The second-order valence-corrected chi connectivity index (χ2v) is 3.02. The maximum Gasteiger partial charge on any atom is 0.337 e. The molecule has 0 atom stereocenters. The number of hydrogen-bond donors (Lipinski definition) is 1. The van der Waals surface area contributed by atoms with Gasteiger partial charge in [0, 0.05) is 6.92 Å². The Balaban J connectivity index is 3.20. The number of carbonyl (C=O) groups is 1. The van der Waals surface area contributed by atoms with Gasteiger partial charge in [0.05, 0.1) is 11.3 Å². The number of alkyl halides is 2. The lowest BCUT2D eigenvalue weighted by molar-refractivity contribution is 0.0125. The average Bonchev–Trinajstić information content (AvgIpc) is 2.01. The van der Waals surface area contributed by atoms with Crippen LogP contribution < -0.4 is 0 Å². The van der Waals surface area contributed by atoms with Gasteiger partial charge >= 0.3 is 5.97 Å². The second-order valence-electron chi connectivity index (χ2n) is 3.02. The van der Waals surface area contributed by atoms with Crippen molar-refractivity contribution in [3.63, 3.8) is 0 Å². The second kappa shape index (κ2) is 3.32. The molecule has 0 saturated carbocycles. The molecule has 0 aromatic carbocycles. The van der Waals surface area contributed by atoms with Crippen LogP contribution in [0.3, 0.4) is 0 Å². The molecule has 1 heterocycles. The lowest BCUT2D eigenvalue weighted by Gasteiger charge is -2.10. The zero-order chi connectivity index (χ0) is 10.9. The van der Waals surface area contributed by atoms with Gasteiger partial charge in [0.15, 0.2) is 0 Å². The van der Waals surface area contributed by atoms with Gasteiger partial charge in [-0.2, -0.15) is 8.78 Å². The van der Waals surface area contributed by atoms with E-state index in [4.69, 9.17) is 5.11 Å². The Kier molecular flexibility index (Phi) is 2.51. The highest BCUT2D eigenvalue weighted by molar-refractivity contribution is 5.88. The summed E-state index contributed by atoms with van der Waals surface area (Å²) in [5.41, 5.74) is -0.380. The van der Waals surface area contributed by atoms with Gasteiger partial charge in [0.25, 0.3) is 5.92 Å². The first-order valence-electron chi connectivity index (χ1n) is 3.91. The standard InChI is InChI=1S/C9H9F2NO2/c1-5-6(8(13)14)3-4-7(12-5)9(2,10)11/h3-4H,1-2H3,(H,13,14). The summed E-state index contributed by atoms with van der Waals surface area (Å²) in [5, 5.41) is 8.63. The highest BCUT2D eigenvalue weighted by Gasteiger charge is 2.26. The minimum Gasteiger partial charge on any atom is -0.478 e. The molecular formula is C9H9F2NO2. The molecule has 76 valence electrons. The molecule has 14 heavy (non-hydrogen) atoms. The number of rotatable bonds is 2. The van der Waals surface area contributed by atoms with Gasteiger partial charge in [-0.1, -0.05) is 0 Å². The van der Waals surface area contributed by atoms with E-state index in [0.29, 0.717) is 0 Å². The predicted octanol–water partition coefficient (Wildman–Crippen LogP) is 2.20. The average molecular weight is 201 g/mol. The third kappa shape index (κ3) is 2.04. The first-order chi connectivity index (χ1) is 6.32. The maximum atomic E-state index is 12.8. The van der Waals surface area contributed by atoms with Crippen molar-refractivity contribution in [1.29, 1.82) is 0 Å². The Morgan fingerprint density at radius 1 is 1.50 bits per heavy atom. The summed E-state index contributed by atoms with van der Waals surface area (Å²) in [5.74, 6) is -4.21. The number of aryl methyl sites for hydroxylation is 1. The van der Waals surface area contributed by atoms with E-state index >= 15 is 0 Å². The fraction of sp³-hybridized carbons (Fsp3) is 0.333. The van der Waals surface area contributed by atoms with Crippen molar-refractivity contribution in [2.75, 3.05) is 0 Å². The maximum absolute atomic E-state index is 12.8. The molecule has 1 N–H and O–H groups in total. The van der Waals surface area contributed by atoms with Crippen LogP contribution in [0.25, 0.3) is 0 Å². The molecule has 1 aromatic rings. The van der Waals surface area contributed by atoms with Gasteiger partial charge in [-0.3, -0.25) is 4.98 Å². The molecule has 0 bridgehead atoms. The Hall–Kier alpha value is -1.52. The molecule has 1 aromatic heterocycles. The van der Waals surface area contributed by atoms with Crippen molar-refractivity contribution in [3.05, 3.63) is 29.1 Å². The summed E-state index contributed by atoms with van der Waals surface area (Å²) in [4.78, 5) is 14.1. The molecule has 1 rings (SSSR count). The van der Waals surface area contributed by atoms with Crippen molar-refractivity contribution >= 4 is 5.97 Å². The monoisotopic (exact) mass is 201 g/mol. The summed E-state index contributed by atoms with van der Waals surface area (Å²) in [7, 11) is 0. The molecule has 0 unspecified atom stereocenters. The van der Waals surface area contributed by atoms with Gasteiger partial charge in [-0.15, -0.1) is 0 Å². The normalized spacial score (nSPS) is 11.4. The van der Waals surface area contributed by atoms with E-state index in [1.165, 1.54) is 6.92 Å². The van der Waals surface area contributed by atoms with Crippen molar-refractivity contribution < 1.29 is 18.7 Å². The van der Waals surface area contributed by atoms with Crippen LogP contribution in [-0.2, 0) is 5.92 Å². The quantitative estimate of drug-likeness (QED) is 0.797. The minimum absolute atomic E-state index is 0.0574. The molecule has 0 radical (unpaired) electrons. The van der Waals surface area contributed by atoms with E-state index in [-0.39, 0.29) is 11.3 Å². The van der Waals surface area contributed by atoms with Gasteiger partial charge in [0.2, 0.25) is 0 Å². The first-order valence-corrected chi connectivity index (χ1v) is 3.91. The summed E-state index contributed by atoms with van der Waals surface area (Å²) in [6.45, 7) is 2.11. The van der Waals surface area contributed by atoms with Crippen LogP contribution in [-0.4, -0.2) is 16.1 Å². The van der Waals surface area contributed by atoms with Crippen LogP contribution >= 0.6 is 0 Å². The summed E-state index contributed by atoms with van der Waals surface area (Å²) < 4.78 is 25.5. The molecule has 0 spiro atoms. The molecule has 5 heteroatoms. The van der Waals surface area contributed by atoms with Crippen molar-refractivity contribution in [2.24, 2.45) is 0 Å². The highest BCUT2D eigenvalue weighted by atomic mass is 19.3. The van der Waals surface area contributed by atoms with E-state index in [1.54, 1.807) is 0 Å². The number of hydrogen-bond acceptors (Lipinski definition) is 2. The van der Waals surface area contributed by atoms with Gasteiger partial charge in [0.1, 0.15) is 5.69 Å². The number of nitrogens with zero attached hydrogens (tertiary/aromatic N) is 1. The molecule has 0 fully saturated rings. The van der Waals surface area contributed by atoms with E-state index in [9.17, 15) is 13.6 Å². The van der Waals surface area contributed by atoms with Crippen LogP contribution in [0.4, 0.5) is 8.78 Å². The van der Waals surface area contributed by atoms with Crippen LogP contribution in [0.15, 0.2) is 12.1 Å².